The molecule has 0 unspecified atom stereocenters. The first kappa shape index (κ1) is 20.8. The number of halogens is 5. The number of sulfonamides is 1. The smallest absolute Gasteiger partial charge is 0.204 e. The molecular formula is C16H10Cl2F3N3O2S2. The molecule has 0 fully saturated rings. The van der Waals surface area contributed by atoms with E-state index < -0.39 is 26.0 Å². The molecule has 0 aliphatic heterocycles. The predicted octanol–water partition coefficient (Wildman–Crippen LogP) is 4.86. The minimum Gasteiger partial charge on any atom is -0.204 e. The molecule has 3 aromatic rings. The van der Waals surface area contributed by atoms with Gasteiger partial charge in [-0.3, -0.25) is 0 Å². The van der Waals surface area contributed by atoms with Crippen molar-refractivity contribution >= 4 is 44.6 Å². The van der Waals surface area contributed by atoms with Crippen molar-refractivity contribution in [3.63, 3.8) is 0 Å². The van der Waals surface area contributed by atoms with Crippen LogP contribution in [-0.2, 0) is 16.2 Å². The van der Waals surface area contributed by atoms with Crippen LogP contribution in [0.1, 0.15) is 10.6 Å². The summed E-state index contributed by atoms with van der Waals surface area (Å²) in [5.74, 6) is 0. The molecule has 148 valence electrons. The molecule has 0 amide bonds. The van der Waals surface area contributed by atoms with E-state index in [1.165, 1.54) is 49.4 Å². The highest BCUT2D eigenvalue weighted by molar-refractivity contribution is 7.90. The number of aromatic nitrogens is 2. The molecule has 12 heteroatoms. The summed E-state index contributed by atoms with van der Waals surface area (Å²) < 4.78 is 69.2. The van der Waals surface area contributed by atoms with E-state index in [-0.39, 0.29) is 32.5 Å². The van der Waals surface area contributed by atoms with E-state index in [1.807, 2.05) is 0 Å². The molecule has 1 aromatic heterocycles. The van der Waals surface area contributed by atoms with Gasteiger partial charge in [0.1, 0.15) is 0 Å². The van der Waals surface area contributed by atoms with Crippen molar-refractivity contribution in [1.29, 1.82) is 0 Å². The SMILES string of the molecule is Cc1c(Cl)cccc1S(=O)(=O)/N=c1\sc(C(F)(F)F)nn1-c1ccc(Cl)cc1. The van der Waals surface area contributed by atoms with Crippen molar-refractivity contribution in [2.45, 2.75) is 18.0 Å². The standard InChI is InChI=1S/C16H10Cl2F3N3O2S2/c1-9-12(18)3-2-4-13(9)28(25,26)23-15-24(11-7-5-10(17)6-8-11)22-14(27-15)16(19,20)21/h2-8H,1H3/b23-15-. The van der Waals surface area contributed by atoms with Gasteiger partial charge in [-0.25, -0.2) is 4.68 Å². The second-order valence-electron chi connectivity index (χ2n) is 5.51. The van der Waals surface area contributed by atoms with Crippen molar-refractivity contribution in [2.24, 2.45) is 4.40 Å². The molecule has 5 nitrogen and oxygen atoms in total. The summed E-state index contributed by atoms with van der Waals surface area (Å²) in [6.07, 6.45) is -4.76. The fourth-order valence-corrected chi connectivity index (χ4v) is 4.80. The molecule has 0 aliphatic carbocycles. The Labute approximate surface area is 171 Å². The lowest BCUT2D eigenvalue weighted by Crippen LogP contribution is -2.17. The van der Waals surface area contributed by atoms with Gasteiger partial charge in [-0.15, -0.1) is 9.50 Å². The maximum absolute atomic E-state index is 13.1. The molecule has 28 heavy (non-hydrogen) atoms. The Morgan fingerprint density at radius 1 is 1.11 bits per heavy atom. The minimum atomic E-state index is -4.76. The Bertz CT molecular complexity index is 1200. The van der Waals surface area contributed by atoms with Gasteiger partial charge >= 0.3 is 6.18 Å². The lowest BCUT2D eigenvalue weighted by molar-refractivity contribution is -0.138. The molecule has 3 rings (SSSR count). The van der Waals surface area contributed by atoms with E-state index in [0.29, 0.717) is 5.02 Å². The van der Waals surface area contributed by atoms with Crippen LogP contribution in [0.3, 0.4) is 0 Å². The first-order valence-corrected chi connectivity index (χ1v) is 10.5. The van der Waals surface area contributed by atoms with Crippen LogP contribution in [0.25, 0.3) is 5.69 Å². The summed E-state index contributed by atoms with van der Waals surface area (Å²) in [5.41, 5.74) is 0.416. The van der Waals surface area contributed by atoms with E-state index in [2.05, 4.69) is 9.50 Å². The minimum absolute atomic E-state index is 0.112. The molecular weight excluding hydrogens is 458 g/mol. The molecule has 0 aliphatic rings. The predicted molar refractivity (Wildman–Crippen MR) is 100 cm³/mol. The van der Waals surface area contributed by atoms with Crippen LogP contribution in [0.15, 0.2) is 51.8 Å². The summed E-state index contributed by atoms with van der Waals surface area (Å²) >= 11 is 11.9. The third-order valence-corrected chi connectivity index (χ3v) is 6.71. The van der Waals surface area contributed by atoms with Crippen LogP contribution in [0.2, 0.25) is 10.0 Å². The third kappa shape index (κ3) is 4.24. The Balaban J connectivity index is 2.26. The van der Waals surface area contributed by atoms with E-state index in [4.69, 9.17) is 23.2 Å². The van der Waals surface area contributed by atoms with E-state index in [9.17, 15) is 21.6 Å². The Morgan fingerprint density at radius 2 is 1.75 bits per heavy atom. The summed E-state index contributed by atoms with van der Waals surface area (Å²) in [7, 11) is -4.34. The fourth-order valence-electron chi connectivity index (χ4n) is 2.23. The van der Waals surface area contributed by atoms with Gasteiger partial charge in [0, 0.05) is 10.0 Å². The molecule has 0 N–H and O–H groups in total. The first-order valence-electron chi connectivity index (χ1n) is 7.48. The molecule has 2 aromatic carbocycles. The molecule has 0 atom stereocenters. The maximum Gasteiger partial charge on any atom is 0.445 e. The molecule has 0 spiro atoms. The second kappa shape index (κ2) is 7.51. The van der Waals surface area contributed by atoms with Crippen LogP contribution < -0.4 is 4.80 Å². The second-order valence-corrected chi connectivity index (χ2v) is 8.88. The number of hydrogen-bond acceptors (Lipinski definition) is 4. The van der Waals surface area contributed by atoms with Crippen LogP contribution in [0.4, 0.5) is 13.2 Å². The van der Waals surface area contributed by atoms with Crippen molar-refractivity contribution < 1.29 is 21.6 Å². The highest BCUT2D eigenvalue weighted by Gasteiger charge is 2.36. The Kier molecular flexibility index (Phi) is 5.59. The molecule has 0 bridgehead atoms. The Hall–Kier alpha value is -1.88. The highest BCUT2D eigenvalue weighted by atomic mass is 35.5. The average molecular weight is 468 g/mol. The van der Waals surface area contributed by atoms with Crippen LogP contribution in [0.5, 0.6) is 0 Å². The van der Waals surface area contributed by atoms with Gasteiger partial charge in [0.05, 0.1) is 10.6 Å². The van der Waals surface area contributed by atoms with Gasteiger partial charge in [-0.05, 0) is 48.9 Å². The summed E-state index contributed by atoms with van der Waals surface area (Å²) in [6, 6.07) is 9.87. The quantitative estimate of drug-likeness (QED) is 0.552. The van der Waals surface area contributed by atoms with Gasteiger partial charge < -0.3 is 0 Å². The van der Waals surface area contributed by atoms with Crippen LogP contribution in [0, 0.1) is 6.92 Å². The maximum atomic E-state index is 13.1. The van der Waals surface area contributed by atoms with Gasteiger partial charge in [-0.2, -0.15) is 21.6 Å². The normalized spacial score (nSPS) is 13.1. The third-order valence-electron chi connectivity index (χ3n) is 3.57. The fraction of sp³-hybridized carbons (Fsp3) is 0.125. The number of nitrogens with zero attached hydrogens (tertiary/aromatic N) is 3. The zero-order chi connectivity index (χ0) is 20.7. The van der Waals surface area contributed by atoms with Crippen molar-refractivity contribution in [1.82, 2.24) is 9.78 Å². The lowest BCUT2D eigenvalue weighted by Gasteiger charge is -2.05. The van der Waals surface area contributed by atoms with Crippen LogP contribution >= 0.6 is 34.5 Å². The first-order chi connectivity index (χ1) is 13.0. The van der Waals surface area contributed by atoms with Gasteiger partial charge in [0.15, 0.2) is 0 Å². The van der Waals surface area contributed by atoms with Gasteiger partial charge in [0.25, 0.3) is 10.0 Å². The topological polar surface area (TPSA) is 64.3 Å². The van der Waals surface area contributed by atoms with Crippen molar-refractivity contribution in [2.75, 3.05) is 0 Å². The van der Waals surface area contributed by atoms with Crippen molar-refractivity contribution in [3.05, 3.63) is 67.9 Å². The Morgan fingerprint density at radius 3 is 2.36 bits per heavy atom. The zero-order valence-corrected chi connectivity index (χ0v) is 17.1. The van der Waals surface area contributed by atoms with Crippen molar-refractivity contribution in [3.8, 4) is 5.69 Å². The highest BCUT2D eigenvalue weighted by Crippen LogP contribution is 2.30. The summed E-state index contributed by atoms with van der Waals surface area (Å²) in [4.78, 5) is -0.668. The number of benzene rings is 2. The molecule has 0 saturated carbocycles. The van der Waals surface area contributed by atoms with E-state index in [1.54, 1.807) is 0 Å². The molecule has 0 radical (unpaired) electrons. The summed E-state index contributed by atoms with van der Waals surface area (Å²) in [6.45, 7) is 1.48. The number of rotatable bonds is 3. The van der Waals surface area contributed by atoms with E-state index in [0.717, 1.165) is 4.68 Å². The number of hydrogen-bond donors (Lipinski definition) is 0. The van der Waals surface area contributed by atoms with Gasteiger partial charge in [0.2, 0.25) is 9.81 Å². The monoisotopic (exact) mass is 467 g/mol. The largest absolute Gasteiger partial charge is 0.445 e. The summed E-state index contributed by atoms with van der Waals surface area (Å²) in [5, 5.41) is 2.80. The van der Waals surface area contributed by atoms with Gasteiger partial charge in [-0.1, -0.05) is 40.6 Å². The van der Waals surface area contributed by atoms with Crippen LogP contribution in [-0.4, -0.2) is 18.2 Å². The molecule has 0 saturated heterocycles. The molecule has 1 heterocycles. The zero-order valence-electron chi connectivity index (χ0n) is 13.9. The lowest BCUT2D eigenvalue weighted by atomic mass is 10.2. The number of alkyl halides is 3. The average Bonchev–Trinajstić information content (AvgIpc) is 3.01. The van der Waals surface area contributed by atoms with E-state index >= 15 is 0 Å².